The van der Waals surface area contributed by atoms with Crippen molar-refractivity contribution in [3.05, 3.63) is 12.2 Å². The highest BCUT2D eigenvalue weighted by Gasteiger charge is 2.48. The number of esters is 2. The summed E-state index contributed by atoms with van der Waals surface area (Å²) in [6, 6.07) is 0. The Balaban J connectivity index is 2.81. The van der Waals surface area contributed by atoms with E-state index in [4.69, 9.17) is 9.47 Å². The van der Waals surface area contributed by atoms with Gasteiger partial charge in [-0.05, 0) is 47.0 Å². The Labute approximate surface area is 138 Å². The van der Waals surface area contributed by atoms with Gasteiger partial charge >= 0.3 is 11.9 Å². The van der Waals surface area contributed by atoms with Crippen molar-refractivity contribution in [2.75, 3.05) is 6.61 Å². The van der Waals surface area contributed by atoms with Crippen molar-refractivity contribution in [1.82, 2.24) is 0 Å². The van der Waals surface area contributed by atoms with Gasteiger partial charge in [0.05, 0.1) is 13.0 Å². The maximum absolute atomic E-state index is 12.6. The third-order valence-electron chi connectivity index (χ3n) is 3.80. The number of ether oxygens (including phenoxy) is 2. The van der Waals surface area contributed by atoms with Crippen LogP contribution in [0.1, 0.15) is 66.2 Å². The molecule has 1 rings (SSSR count). The van der Waals surface area contributed by atoms with Crippen LogP contribution in [0, 0.1) is 5.41 Å². The fourth-order valence-corrected chi connectivity index (χ4v) is 2.67. The minimum Gasteiger partial charge on any atom is -0.466 e. The molecule has 0 aromatic heterocycles. The zero-order valence-electron chi connectivity index (χ0n) is 14.6. The quantitative estimate of drug-likeness (QED) is 0.426. The normalized spacial score (nSPS) is 22.2. The van der Waals surface area contributed by atoms with Crippen molar-refractivity contribution in [1.29, 1.82) is 0 Å². The van der Waals surface area contributed by atoms with Crippen LogP contribution in [0.3, 0.4) is 0 Å². The maximum Gasteiger partial charge on any atom is 0.320 e. The Morgan fingerprint density at radius 2 is 1.91 bits per heavy atom. The first kappa shape index (κ1) is 19.4. The molecule has 1 aliphatic carbocycles. The third-order valence-corrected chi connectivity index (χ3v) is 3.80. The predicted molar refractivity (Wildman–Crippen MR) is 86.8 cm³/mol. The van der Waals surface area contributed by atoms with Crippen LogP contribution in [0.5, 0.6) is 0 Å². The second-order valence-corrected chi connectivity index (χ2v) is 6.90. The molecule has 0 heterocycles. The van der Waals surface area contributed by atoms with Gasteiger partial charge in [-0.25, -0.2) is 0 Å². The van der Waals surface area contributed by atoms with Gasteiger partial charge in [-0.3, -0.25) is 14.4 Å². The molecule has 0 aliphatic heterocycles. The Bertz CT molecular complexity index is 472. The summed E-state index contributed by atoms with van der Waals surface area (Å²) in [7, 11) is 0. The van der Waals surface area contributed by atoms with Crippen molar-refractivity contribution in [2.45, 2.75) is 71.8 Å². The molecule has 0 aromatic carbocycles. The van der Waals surface area contributed by atoms with E-state index in [1.54, 1.807) is 39.8 Å². The number of rotatable bonds is 6. The summed E-state index contributed by atoms with van der Waals surface area (Å²) in [5, 5.41) is 0. The number of hydrogen-bond donors (Lipinski definition) is 0. The lowest BCUT2D eigenvalue weighted by Crippen LogP contribution is -2.45. The van der Waals surface area contributed by atoms with Crippen LogP contribution in [0.2, 0.25) is 0 Å². The summed E-state index contributed by atoms with van der Waals surface area (Å²) in [5.74, 6) is -0.820. The summed E-state index contributed by atoms with van der Waals surface area (Å²) in [6.45, 7) is 7.47. The Kier molecular flexibility index (Phi) is 6.98. The van der Waals surface area contributed by atoms with Gasteiger partial charge in [0.25, 0.3) is 0 Å². The van der Waals surface area contributed by atoms with Crippen LogP contribution in [-0.4, -0.2) is 29.9 Å². The first-order chi connectivity index (χ1) is 10.7. The van der Waals surface area contributed by atoms with Crippen LogP contribution in [0.4, 0.5) is 0 Å². The van der Waals surface area contributed by atoms with E-state index in [0.29, 0.717) is 19.4 Å². The number of hydrogen-bond acceptors (Lipinski definition) is 5. The summed E-state index contributed by atoms with van der Waals surface area (Å²) in [6.07, 6.45) is 6.37. The molecule has 0 saturated heterocycles. The molecule has 23 heavy (non-hydrogen) atoms. The Morgan fingerprint density at radius 3 is 2.48 bits per heavy atom. The molecule has 0 bridgehead atoms. The van der Waals surface area contributed by atoms with Crippen molar-refractivity contribution >= 4 is 17.7 Å². The predicted octanol–water partition coefficient (Wildman–Crippen LogP) is 3.36. The number of ketones is 1. The van der Waals surface area contributed by atoms with E-state index in [1.165, 1.54) is 0 Å². The van der Waals surface area contributed by atoms with Crippen LogP contribution < -0.4 is 0 Å². The molecule has 1 aliphatic rings. The highest BCUT2D eigenvalue weighted by Crippen LogP contribution is 2.39. The lowest BCUT2D eigenvalue weighted by molar-refractivity contribution is -0.172. The number of carbonyl (C=O) groups excluding carboxylic acids is 3. The summed E-state index contributed by atoms with van der Waals surface area (Å²) < 4.78 is 10.3. The van der Waals surface area contributed by atoms with Gasteiger partial charge in [-0.1, -0.05) is 18.6 Å². The highest BCUT2D eigenvalue weighted by atomic mass is 16.6. The van der Waals surface area contributed by atoms with E-state index < -0.39 is 17.0 Å². The highest BCUT2D eigenvalue weighted by molar-refractivity contribution is 6.04. The molecule has 0 unspecified atom stereocenters. The molecule has 1 atom stereocenters. The molecule has 0 spiro atoms. The van der Waals surface area contributed by atoms with Crippen LogP contribution >= 0.6 is 0 Å². The van der Waals surface area contributed by atoms with Crippen LogP contribution in [0.15, 0.2) is 12.2 Å². The fourth-order valence-electron chi connectivity index (χ4n) is 2.67. The molecule has 0 aromatic rings. The Morgan fingerprint density at radius 1 is 1.22 bits per heavy atom. The fraction of sp³-hybridized carbons (Fsp3) is 0.722. The molecular weight excluding hydrogens is 296 g/mol. The van der Waals surface area contributed by atoms with Crippen molar-refractivity contribution in [3.8, 4) is 0 Å². The monoisotopic (exact) mass is 324 g/mol. The summed E-state index contributed by atoms with van der Waals surface area (Å²) in [5.41, 5.74) is -1.73. The van der Waals surface area contributed by atoms with Gasteiger partial charge in [0.15, 0.2) is 5.78 Å². The van der Waals surface area contributed by atoms with E-state index in [2.05, 4.69) is 0 Å². The molecule has 0 radical (unpaired) electrons. The average Bonchev–Trinajstić information content (AvgIpc) is 2.44. The summed E-state index contributed by atoms with van der Waals surface area (Å²) in [4.78, 5) is 36.4. The maximum atomic E-state index is 12.6. The minimum atomic E-state index is -1.10. The van der Waals surface area contributed by atoms with Gasteiger partial charge in [0.2, 0.25) is 0 Å². The topological polar surface area (TPSA) is 69.7 Å². The molecule has 5 heteroatoms. The molecule has 5 nitrogen and oxygen atoms in total. The summed E-state index contributed by atoms with van der Waals surface area (Å²) >= 11 is 0. The van der Waals surface area contributed by atoms with Crippen LogP contribution in [0.25, 0.3) is 0 Å². The second-order valence-electron chi connectivity index (χ2n) is 6.90. The van der Waals surface area contributed by atoms with Crippen LogP contribution in [-0.2, 0) is 23.9 Å². The van der Waals surface area contributed by atoms with E-state index in [-0.39, 0.29) is 24.6 Å². The van der Waals surface area contributed by atoms with E-state index in [0.717, 1.165) is 12.8 Å². The third kappa shape index (κ3) is 5.81. The first-order valence-corrected chi connectivity index (χ1v) is 8.28. The lowest BCUT2D eigenvalue weighted by atomic mass is 9.70. The van der Waals surface area contributed by atoms with Gasteiger partial charge in [-0.15, -0.1) is 0 Å². The minimum absolute atomic E-state index is 0.0567. The lowest BCUT2D eigenvalue weighted by Gasteiger charge is -2.35. The first-order valence-electron chi connectivity index (χ1n) is 8.28. The molecule has 0 N–H and O–H groups in total. The molecule has 1 saturated carbocycles. The van der Waals surface area contributed by atoms with Gasteiger partial charge in [0, 0.05) is 6.42 Å². The smallest absolute Gasteiger partial charge is 0.320 e. The number of carbonyl (C=O) groups is 3. The van der Waals surface area contributed by atoms with Crippen molar-refractivity contribution in [2.24, 2.45) is 5.41 Å². The van der Waals surface area contributed by atoms with E-state index >= 15 is 0 Å². The molecule has 0 amide bonds. The van der Waals surface area contributed by atoms with Gasteiger partial charge in [-0.2, -0.15) is 0 Å². The molecule has 1 fully saturated rings. The van der Waals surface area contributed by atoms with E-state index in [9.17, 15) is 14.4 Å². The largest absolute Gasteiger partial charge is 0.466 e. The standard InChI is InChI=1S/C18H28O5/c1-5-22-15(20)11-7-9-13-18(12-8-6-10-14(18)19)16(21)23-17(2,3)4/h7,9H,5-6,8,10-13H2,1-4H3/b9-7-/t18-/m0/s1. The van der Waals surface area contributed by atoms with E-state index in [1.807, 2.05) is 0 Å². The SMILES string of the molecule is CCOC(=O)C/C=C\C[C@@]1(C(=O)OC(C)(C)C)CCCCC1=O. The van der Waals surface area contributed by atoms with Crippen molar-refractivity contribution in [3.63, 3.8) is 0 Å². The average molecular weight is 324 g/mol. The van der Waals surface area contributed by atoms with Crippen molar-refractivity contribution < 1.29 is 23.9 Å². The molecule has 130 valence electrons. The molecular formula is C18H28O5. The number of Topliss-reactive ketones (excluding diaryl/α,β-unsaturated/α-hetero) is 1. The number of allylic oxidation sites excluding steroid dienone is 1. The van der Waals surface area contributed by atoms with Gasteiger partial charge < -0.3 is 9.47 Å². The second kappa shape index (κ2) is 8.27. The zero-order chi connectivity index (χ0) is 17.5. The zero-order valence-corrected chi connectivity index (χ0v) is 14.6. The Hall–Kier alpha value is -1.65. The van der Waals surface area contributed by atoms with Gasteiger partial charge in [0.1, 0.15) is 11.0 Å².